The molecule has 3 aromatic rings. The van der Waals surface area contributed by atoms with Gasteiger partial charge >= 0.3 is 5.97 Å². The molecule has 5 nitrogen and oxygen atoms in total. The Kier molecular flexibility index (Phi) is 18.5. The maximum Gasteiger partial charge on any atom is 0.303 e. The lowest BCUT2D eigenvalue weighted by molar-refractivity contribution is -0.137. The van der Waals surface area contributed by atoms with Gasteiger partial charge in [-0.3, -0.25) is 9.59 Å². The normalized spacial score (nSPS) is 12.9. The minimum Gasteiger partial charge on any atom is -0.489 e. The topological polar surface area (TPSA) is 66.8 Å². The maximum atomic E-state index is 12.7. The Balaban J connectivity index is 0.000000590. The van der Waals surface area contributed by atoms with E-state index in [1.807, 2.05) is 90.1 Å². The zero-order valence-electron chi connectivity index (χ0n) is 23.0. The van der Waals surface area contributed by atoms with Crippen molar-refractivity contribution >= 4 is 17.6 Å². The summed E-state index contributed by atoms with van der Waals surface area (Å²) in [5, 5.41) is 8.52. The number of aliphatic carboxylic acids is 1. The third-order valence-electron chi connectivity index (χ3n) is 4.85. The fourth-order valence-electron chi connectivity index (χ4n) is 3.12. The Morgan fingerprint density at radius 2 is 1.38 bits per heavy atom. The van der Waals surface area contributed by atoms with Crippen LogP contribution in [0.5, 0.6) is 5.75 Å². The van der Waals surface area contributed by atoms with Gasteiger partial charge in [-0.2, -0.15) is 0 Å². The summed E-state index contributed by atoms with van der Waals surface area (Å²) < 4.78 is 18.3. The molecule has 0 saturated carbocycles. The number of carboxylic acid groups (broad SMARTS) is 1. The van der Waals surface area contributed by atoms with E-state index in [1.54, 1.807) is 12.1 Å². The van der Waals surface area contributed by atoms with Crippen molar-refractivity contribution in [2.45, 2.75) is 61.0 Å². The van der Waals surface area contributed by atoms with Gasteiger partial charge in [0.15, 0.2) is 0 Å². The van der Waals surface area contributed by atoms with Crippen molar-refractivity contribution in [1.82, 2.24) is 0 Å². The summed E-state index contributed by atoms with van der Waals surface area (Å²) in [5.74, 6) is -0.618. The first-order chi connectivity index (χ1) is 18.0. The van der Waals surface area contributed by atoms with Crippen LogP contribution < -0.4 is 9.64 Å². The van der Waals surface area contributed by atoms with Crippen molar-refractivity contribution in [3.8, 4) is 5.75 Å². The van der Waals surface area contributed by atoms with Crippen LogP contribution in [0.25, 0.3) is 0 Å². The standard InChI is InChI=1S/C13H12O.C12H12FNO3.3C2H6/c1-3-7-12(8-4-1)11-14-13-9-5-2-6-10-13;13-9-2-4-10(5-3-9)14-7-8(12(14)17)1-6-11(15)16;3*1-2/h1-10H,11H2;2-5,8H,1,6-7H2,(H,15,16);3*1-2H3. The van der Waals surface area contributed by atoms with Crippen LogP contribution in [0.4, 0.5) is 10.1 Å². The summed E-state index contributed by atoms with van der Waals surface area (Å²) in [6.07, 6.45) is 0.375. The van der Waals surface area contributed by atoms with E-state index < -0.39 is 5.97 Å². The molecule has 1 N–H and O–H groups in total. The van der Waals surface area contributed by atoms with E-state index >= 15 is 0 Å². The second-order valence-electron chi connectivity index (χ2n) is 7.14. The van der Waals surface area contributed by atoms with Crippen LogP contribution in [0.2, 0.25) is 0 Å². The largest absolute Gasteiger partial charge is 0.489 e. The average Bonchev–Trinajstić information content (AvgIpc) is 2.96. The molecule has 1 amide bonds. The van der Waals surface area contributed by atoms with E-state index in [0.717, 1.165) is 5.75 Å². The fourth-order valence-corrected chi connectivity index (χ4v) is 3.12. The minimum absolute atomic E-state index is 0.00760. The van der Waals surface area contributed by atoms with Gasteiger partial charge in [0, 0.05) is 18.7 Å². The molecule has 1 aliphatic heterocycles. The van der Waals surface area contributed by atoms with Gasteiger partial charge in [0.05, 0.1) is 5.92 Å². The summed E-state index contributed by atoms with van der Waals surface area (Å²) in [4.78, 5) is 23.6. The quantitative estimate of drug-likeness (QED) is 0.326. The molecule has 37 heavy (non-hydrogen) atoms. The third-order valence-corrected chi connectivity index (χ3v) is 4.85. The minimum atomic E-state index is -0.891. The first-order valence-corrected chi connectivity index (χ1v) is 13.0. The van der Waals surface area contributed by atoms with E-state index in [2.05, 4.69) is 12.1 Å². The number of carboxylic acids is 1. The number of hydrogen-bond donors (Lipinski definition) is 1. The van der Waals surface area contributed by atoms with Gasteiger partial charge in [0.25, 0.3) is 0 Å². The van der Waals surface area contributed by atoms with Crippen LogP contribution in [0, 0.1) is 11.7 Å². The van der Waals surface area contributed by atoms with Crippen molar-refractivity contribution in [3.63, 3.8) is 0 Å². The van der Waals surface area contributed by atoms with E-state index in [-0.39, 0.29) is 24.1 Å². The molecule has 202 valence electrons. The number of amides is 1. The number of anilines is 1. The molecule has 4 rings (SSSR count). The second kappa shape index (κ2) is 20.5. The van der Waals surface area contributed by atoms with Gasteiger partial charge in [0.1, 0.15) is 18.2 Å². The van der Waals surface area contributed by atoms with Crippen LogP contribution in [-0.4, -0.2) is 23.5 Å². The molecular weight excluding hydrogens is 469 g/mol. The molecular formula is C31H42FNO4. The van der Waals surface area contributed by atoms with Crippen LogP contribution in [0.3, 0.4) is 0 Å². The van der Waals surface area contributed by atoms with Crippen molar-refractivity contribution in [1.29, 1.82) is 0 Å². The lowest BCUT2D eigenvalue weighted by Gasteiger charge is -2.38. The predicted octanol–water partition coefficient (Wildman–Crippen LogP) is 8.00. The lowest BCUT2D eigenvalue weighted by atomic mass is 9.93. The molecule has 1 heterocycles. The number of halogens is 1. The summed E-state index contributed by atoms with van der Waals surface area (Å²) in [5.41, 5.74) is 1.85. The molecule has 0 aliphatic carbocycles. The molecule has 1 aliphatic rings. The van der Waals surface area contributed by atoms with Gasteiger partial charge < -0.3 is 14.7 Å². The Morgan fingerprint density at radius 3 is 1.86 bits per heavy atom. The Hall–Kier alpha value is -3.67. The maximum absolute atomic E-state index is 12.7. The number of carbonyl (C=O) groups is 2. The van der Waals surface area contributed by atoms with E-state index in [1.165, 1.54) is 22.6 Å². The molecule has 0 aromatic heterocycles. The number of carbonyl (C=O) groups excluding carboxylic acids is 1. The average molecular weight is 512 g/mol. The highest BCUT2D eigenvalue weighted by atomic mass is 19.1. The zero-order chi connectivity index (χ0) is 28.1. The van der Waals surface area contributed by atoms with E-state index in [0.29, 0.717) is 25.3 Å². The SMILES string of the molecule is CC.CC.CC.O=C(O)CCC1CN(c2ccc(F)cc2)C1=O.c1ccc(COc2ccccc2)cc1. The Morgan fingerprint density at radius 1 is 0.865 bits per heavy atom. The van der Waals surface area contributed by atoms with Crippen molar-refractivity contribution in [2.75, 3.05) is 11.4 Å². The van der Waals surface area contributed by atoms with Crippen molar-refractivity contribution in [2.24, 2.45) is 5.92 Å². The summed E-state index contributed by atoms with van der Waals surface area (Å²) >= 11 is 0. The number of β-lactam (4-membered cyclic amide) rings is 1. The van der Waals surface area contributed by atoms with Crippen LogP contribution in [0.1, 0.15) is 59.9 Å². The number of nitrogens with zero attached hydrogens (tertiary/aromatic N) is 1. The van der Waals surface area contributed by atoms with Gasteiger partial charge in [-0.05, 0) is 48.4 Å². The molecule has 1 atom stereocenters. The predicted molar refractivity (Wildman–Crippen MR) is 150 cm³/mol. The summed E-state index contributed by atoms with van der Waals surface area (Å²) in [6, 6.07) is 25.7. The van der Waals surface area contributed by atoms with E-state index in [4.69, 9.17) is 9.84 Å². The smallest absolute Gasteiger partial charge is 0.303 e. The molecule has 6 heteroatoms. The monoisotopic (exact) mass is 511 g/mol. The molecule has 1 fully saturated rings. The van der Waals surface area contributed by atoms with Crippen molar-refractivity contribution in [3.05, 3.63) is 96.3 Å². The highest BCUT2D eigenvalue weighted by Gasteiger charge is 2.37. The zero-order valence-corrected chi connectivity index (χ0v) is 23.0. The highest BCUT2D eigenvalue weighted by molar-refractivity contribution is 6.01. The highest BCUT2D eigenvalue weighted by Crippen LogP contribution is 2.28. The summed E-state index contributed by atoms with van der Waals surface area (Å²) in [7, 11) is 0. The summed E-state index contributed by atoms with van der Waals surface area (Å²) in [6.45, 7) is 13.1. The van der Waals surface area contributed by atoms with E-state index in [9.17, 15) is 14.0 Å². The van der Waals surface area contributed by atoms with Gasteiger partial charge in [0.2, 0.25) is 5.91 Å². The number of para-hydroxylation sites is 1. The van der Waals surface area contributed by atoms with Gasteiger partial charge in [-0.15, -0.1) is 0 Å². The first kappa shape index (κ1) is 33.3. The van der Waals surface area contributed by atoms with Gasteiger partial charge in [-0.1, -0.05) is 90.1 Å². The van der Waals surface area contributed by atoms with Crippen molar-refractivity contribution < 1.29 is 23.8 Å². The molecule has 0 spiro atoms. The van der Waals surface area contributed by atoms with Crippen LogP contribution in [-0.2, 0) is 16.2 Å². The molecule has 1 saturated heterocycles. The lowest BCUT2D eigenvalue weighted by Crippen LogP contribution is -2.52. The number of benzene rings is 3. The number of rotatable bonds is 7. The first-order valence-electron chi connectivity index (χ1n) is 13.0. The number of hydrogen-bond acceptors (Lipinski definition) is 3. The second-order valence-corrected chi connectivity index (χ2v) is 7.14. The Labute approximate surface area is 221 Å². The van der Waals surface area contributed by atoms with Crippen LogP contribution in [0.15, 0.2) is 84.9 Å². The molecule has 1 unspecified atom stereocenters. The Bertz CT molecular complexity index is 940. The third kappa shape index (κ3) is 12.7. The number of ether oxygens (including phenoxy) is 1. The molecule has 0 radical (unpaired) electrons. The molecule has 0 bridgehead atoms. The molecule has 3 aromatic carbocycles. The van der Waals surface area contributed by atoms with Gasteiger partial charge in [-0.25, -0.2) is 4.39 Å². The van der Waals surface area contributed by atoms with Crippen LogP contribution >= 0.6 is 0 Å². The fraction of sp³-hybridized carbons (Fsp3) is 0.355.